The highest BCUT2D eigenvalue weighted by Gasteiger charge is 2.84. The van der Waals surface area contributed by atoms with Crippen LogP contribution < -0.4 is 5.32 Å². The fraction of sp³-hybridized carbons (Fsp3) is 0.761. The largest absolute Gasteiger partial charge is 0.369 e. The molecule has 1 aromatic rings. The number of nitrogens with one attached hydrogen (secondary N) is 1. The van der Waals surface area contributed by atoms with Gasteiger partial charge in [-0.15, -0.1) is 0 Å². The number of carbonyl (C=O) groups is 3. The summed E-state index contributed by atoms with van der Waals surface area (Å²) in [6, 6.07) is 10.6. The summed E-state index contributed by atoms with van der Waals surface area (Å²) in [7, 11) is 0. The van der Waals surface area contributed by atoms with E-state index in [1.807, 2.05) is 18.2 Å². The number of Topliss-reactive ketones (excluding diaryl/α,β-unsaturated/α-hetero) is 1. The average molecular weight is 711 g/mol. The molecule has 0 aromatic heterocycles. The Morgan fingerprint density at radius 2 is 1.75 bits per heavy atom. The van der Waals surface area contributed by atoms with Gasteiger partial charge in [0.15, 0.2) is 5.78 Å². The summed E-state index contributed by atoms with van der Waals surface area (Å²) in [4.78, 5) is 40.3. The number of ether oxygens (including phenoxy) is 1. The first-order valence-electron chi connectivity index (χ1n) is 21.5. The number of allylic oxidation sites excluding steroid dienone is 2. The summed E-state index contributed by atoms with van der Waals surface area (Å²) in [5, 5.41) is 3.05. The molecule has 4 saturated carbocycles. The zero-order valence-electron chi connectivity index (χ0n) is 32.7. The first-order chi connectivity index (χ1) is 25.0. The van der Waals surface area contributed by atoms with Crippen molar-refractivity contribution in [3.05, 3.63) is 47.5 Å². The molecular formula is C46H66N2O4. The van der Waals surface area contributed by atoms with E-state index in [9.17, 15) is 14.4 Å². The number of aryl methyl sites for hydroxylation is 1. The third-order valence-electron chi connectivity index (χ3n) is 16.7. The number of nitrogens with zero attached hydrogens (tertiary/aromatic N) is 1. The van der Waals surface area contributed by atoms with Crippen LogP contribution >= 0.6 is 0 Å². The molecule has 6 fully saturated rings. The normalized spacial score (nSPS) is 41.7. The molecule has 284 valence electrons. The highest BCUT2D eigenvalue weighted by molar-refractivity contribution is 5.91. The summed E-state index contributed by atoms with van der Waals surface area (Å²) >= 11 is 0. The fourth-order valence-electron chi connectivity index (χ4n) is 14.1. The predicted octanol–water partition coefficient (Wildman–Crippen LogP) is 8.66. The number of hydrogen-bond donors (Lipinski definition) is 1. The Hall–Kier alpha value is -2.31. The number of fused-ring (bicyclic) bond motifs is 6. The Morgan fingerprint density at radius 3 is 2.58 bits per heavy atom. The van der Waals surface area contributed by atoms with Gasteiger partial charge in [0.05, 0.1) is 11.7 Å². The van der Waals surface area contributed by atoms with Crippen LogP contribution in [0.4, 0.5) is 0 Å². The van der Waals surface area contributed by atoms with E-state index in [2.05, 4.69) is 56.1 Å². The Bertz CT molecular complexity index is 1560. The van der Waals surface area contributed by atoms with Gasteiger partial charge in [0.25, 0.3) is 0 Å². The van der Waals surface area contributed by atoms with Gasteiger partial charge >= 0.3 is 0 Å². The molecule has 0 radical (unpaired) electrons. The lowest BCUT2D eigenvalue weighted by Crippen LogP contribution is -2.54. The van der Waals surface area contributed by atoms with Gasteiger partial charge in [0, 0.05) is 56.1 Å². The first kappa shape index (κ1) is 36.7. The molecule has 6 heteroatoms. The van der Waals surface area contributed by atoms with Crippen LogP contribution in [-0.2, 0) is 25.5 Å². The molecule has 2 heterocycles. The second kappa shape index (κ2) is 14.1. The summed E-state index contributed by atoms with van der Waals surface area (Å²) in [5.41, 5.74) is 3.53. The van der Waals surface area contributed by atoms with E-state index in [-0.39, 0.29) is 22.3 Å². The Labute approximate surface area is 313 Å². The second-order valence-corrected chi connectivity index (χ2v) is 19.3. The predicted molar refractivity (Wildman–Crippen MR) is 206 cm³/mol. The van der Waals surface area contributed by atoms with E-state index in [0.717, 1.165) is 88.6 Å². The van der Waals surface area contributed by atoms with Gasteiger partial charge in [-0.05, 0) is 130 Å². The highest BCUT2D eigenvalue weighted by atomic mass is 16.5. The first-order valence-corrected chi connectivity index (χ1v) is 21.5. The highest BCUT2D eigenvalue weighted by Crippen LogP contribution is 2.87. The molecule has 6 nitrogen and oxygen atoms in total. The monoisotopic (exact) mass is 711 g/mol. The van der Waals surface area contributed by atoms with Crippen LogP contribution in [0.25, 0.3) is 0 Å². The molecule has 0 bridgehead atoms. The van der Waals surface area contributed by atoms with E-state index in [1.54, 1.807) is 0 Å². The number of ketones is 2. The molecule has 11 atom stereocenters. The van der Waals surface area contributed by atoms with Crippen LogP contribution in [0.5, 0.6) is 0 Å². The van der Waals surface area contributed by atoms with E-state index in [0.29, 0.717) is 66.8 Å². The minimum Gasteiger partial charge on any atom is -0.369 e. The zero-order chi connectivity index (χ0) is 36.3. The molecule has 1 amide bonds. The molecule has 1 N–H and O–H groups in total. The third-order valence-corrected chi connectivity index (χ3v) is 16.7. The van der Waals surface area contributed by atoms with E-state index < -0.39 is 0 Å². The van der Waals surface area contributed by atoms with Crippen molar-refractivity contribution in [3.63, 3.8) is 0 Å². The van der Waals surface area contributed by atoms with Crippen LogP contribution in [0.2, 0.25) is 0 Å². The molecule has 1 aromatic carbocycles. The third kappa shape index (κ3) is 6.09. The SMILES string of the molecule is C[C@H]1C[C@H]2O[C@]3(CC[C@H]4[C@@H]5CCC6=CC(=O)CC[C@]6(C)[C@H]5CC45CC53C)[C@H](C)[C@@H]2N(CCCC(=O)CCCCCNC(=O)CCc2ccccc2)C1. The van der Waals surface area contributed by atoms with Crippen molar-refractivity contribution < 1.29 is 19.1 Å². The lowest BCUT2D eigenvalue weighted by atomic mass is 9.56. The number of benzene rings is 1. The smallest absolute Gasteiger partial charge is 0.220 e. The average Bonchev–Trinajstić information content (AvgIpc) is 3.47. The number of likely N-dealkylation sites (tertiary alicyclic amines) is 1. The number of amides is 1. The van der Waals surface area contributed by atoms with Crippen LogP contribution in [0, 0.1) is 45.8 Å². The molecule has 52 heavy (non-hydrogen) atoms. The quantitative estimate of drug-likeness (QED) is 0.208. The van der Waals surface area contributed by atoms with Gasteiger partial charge < -0.3 is 10.1 Å². The van der Waals surface area contributed by atoms with Gasteiger partial charge in [0.1, 0.15) is 5.78 Å². The second-order valence-electron chi connectivity index (χ2n) is 19.3. The summed E-state index contributed by atoms with van der Waals surface area (Å²) in [6.07, 6.45) is 19.4. The summed E-state index contributed by atoms with van der Waals surface area (Å²) < 4.78 is 7.54. The van der Waals surface area contributed by atoms with Gasteiger partial charge in [-0.2, -0.15) is 0 Å². The number of unbranched alkanes of at least 4 members (excludes halogenated alkanes) is 2. The Balaban J connectivity index is 0.816. The van der Waals surface area contributed by atoms with Crippen LogP contribution in [0.15, 0.2) is 42.0 Å². The van der Waals surface area contributed by atoms with Crippen molar-refractivity contribution in [3.8, 4) is 0 Å². The van der Waals surface area contributed by atoms with Crippen molar-refractivity contribution in [2.45, 2.75) is 155 Å². The number of rotatable bonds is 13. The zero-order valence-corrected chi connectivity index (χ0v) is 32.7. The van der Waals surface area contributed by atoms with Crippen LogP contribution in [0.3, 0.4) is 0 Å². The molecule has 2 saturated heterocycles. The maximum absolute atomic E-state index is 12.9. The Morgan fingerprint density at radius 1 is 0.942 bits per heavy atom. The molecule has 7 aliphatic rings. The Kier molecular flexibility index (Phi) is 9.92. The minimum absolute atomic E-state index is 0.0338. The van der Waals surface area contributed by atoms with Gasteiger partial charge in [-0.3, -0.25) is 19.3 Å². The van der Waals surface area contributed by atoms with Crippen molar-refractivity contribution >= 4 is 17.5 Å². The number of hydrogen-bond acceptors (Lipinski definition) is 5. The molecular weight excluding hydrogens is 645 g/mol. The van der Waals surface area contributed by atoms with Crippen LogP contribution in [-0.4, -0.2) is 59.8 Å². The number of piperidine rings is 1. The van der Waals surface area contributed by atoms with Crippen LogP contribution in [0.1, 0.15) is 136 Å². The molecule has 2 unspecified atom stereocenters. The van der Waals surface area contributed by atoms with Crippen molar-refractivity contribution in [2.24, 2.45) is 45.8 Å². The van der Waals surface area contributed by atoms with E-state index in [1.165, 1.54) is 43.2 Å². The topological polar surface area (TPSA) is 75.7 Å². The summed E-state index contributed by atoms with van der Waals surface area (Å²) in [6.45, 7) is 12.9. The molecule has 2 spiro atoms. The van der Waals surface area contributed by atoms with Crippen molar-refractivity contribution in [2.75, 3.05) is 19.6 Å². The maximum Gasteiger partial charge on any atom is 0.220 e. The standard InChI is InChI=1S/C46H66N2O4/c1-31-26-40-42(48(29-31)25-11-15-35(49)14-9-6-10-24-47-41(51)19-16-33-12-7-5-8-13-33)32(2)46(52-40)23-21-38-37-18-17-34-27-36(50)20-22-43(34,3)39(37)28-45(38)30-44(45,46)4/h5,7-8,12-13,27,31-32,37-40,42H,6,9-11,14-26,28-30H2,1-4H3,(H,47,51)/t31-,32+,37-,38-,39-,40+,42-,43-,44?,45?,46+/m0/s1. The lowest BCUT2D eigenvalue weighted by Gasteiger charge is -2.50. The molecule has 2 aliphatic heterocycles. The van der Waals surface area contributed by atoms with Crippen molar-refractivity contribution in [1.82, 2.24) is 10.2 Å². The molecule has 8 rings (SSSR count). The van der Waals surface area contributed by atoms with E-state index in [4.69, 9.17) is 4.74 Å². The minimum atomic E-state index is -0.0338. The lowest BCUT2D eigenvalue weighted by molar-refractivity contribution is -0.148. The number of carbonyl (C=O) groups excluding carboxylic acids is 3. The van der Waals surface area contributed by atoms with Gasteiger partial charge in [-0.1, -0.05) is 70.0 Å². The van der Waals surface area contributed by atoms with Crippen molar-refractivity contribution in [1.29, 1.82) is 0 Å². The molecule has 5 aliphatic carbocycles. The summed E-state index contributed by atoms with van der Waals surface area (Å²) in [5.74, 6) is 4.36. The fourth-order valence-corrected chi connectivity index (χ4v) is 14.1. The maximum atomic E-state index is 12.9. The van der Waals surface area contributed by atoms with Gasteiger partial charge in [0.2, 0.25) is 5.91 Å². The van der Waals surface area contributed by atoms with Gasteiger partial charge in [-0.25, -0.2) is 0 Å². The van der Waals surface area contributed by atoms with E-state index >= 15 is 0 Å².